The molecule has 14 heavy (non-hydrogen) atoms. The smallest absolute Gasteiger partial charge is 0.203 e. The van der Waals surface area contributed by atoms with E-state index >= 15 is 0 Å². The molecule has 1 N–H and O–H groups in total. The Morgan fingerprint density at radius 2 is 2.14 bits per heavy atom. The molecule has 1 aliphatic rings. The van der Waals surface area contributed by atoms with Crippen LogP contribution in [0.25, 0.3) is 0 Å². The lowest BCUT2D eigenvalue weighted by atomic mass is 10.2. The molecule has 1 aromatic rings. The van der Waals surface area contributed by atoms with E-state index in [4.69, 9.17) is 0 Å². The maximum Gasteiger partial charge on any atom is 0.203 e. The molecule has 78 valence electrons. The van der Waals surface area contributed by atoms with Crippen molar-refractivity contribution in [3.8, 4) is 0 Å². The van der Waals surface area contributed by atoms with E-state index < -0.39 is 0 Å². The monoisotopic (exact) mass is 193 g/mol. The predicted octanol–water partition coefficient (Wildman–Crippen LogP) is 2.82. The molecule has 1 heterocycles. The Morgan fingerprint density at radius 3 is 2.79 bits per heavy atom. The SMILES string of the molecule is CC(C)n1ccnc1NC1CCCC1. The lowest BCUT2D eigenvalue weighted by molar-refractivity contribution is 0.596. The zero-order valence-corrected chi connectivity index (χ0v) is 9.03. The van der Waals surface area contributed by atoms with Gasteiger partial charge in [-0.3, -0.25) is 0 Å². The van der Waals surface area contributed by atoms with E-state index in [1.54, 1.807) is 0 Å². The van der Waals surface area contributed by atoms with Gasteiger partial charge in [0, 0.05) is 24.5 Å². The summed E-state index contributed by atoms with van der Waals surface area (Å²) in [5.74, 6) is 1.03. The molecule has 0 unspecified atom stereocenters. The van der Waals surface area contributed by atoms with E-state index in [9.17, 15) is 0 Å². The zero-order valence-electron chi connectivity index (χ0n) is 9.03. The van der Waals surface area contributed by atoms with Crippen LogP contribution in [-0.2, 0) is 0 Å². The molecule has 1 aliphatic carbocycles. The van der Waals surface area contributed by atoms with Crippen LogP contribution in [0, 0.1) is 0 Å². The maximum atomic E-state index is 4.35. The van der Waals surface area contributed by atoms with Gasteiger partial charge in [0.25, 0.3) is 0 Å². The topological polar surface area (TPSA) is 29.9 Å². The number of imidazole rings is 1. The summed E-state index contributed by atoms with van der Waals surface area (Å²) in [5.41, 5.74) is 0. The molecule has 0 aliphatic heterocycles. The highest BCUT2D eigenvalue weighted by molar-refractivity contribution is 5.28. The summed E-state index contributed by atoms with van der Waals surface area (Å²) in [4.78, 5) is 4.35. The molecule has 1 saturated carbocycles. The van der Waals surface area contributed by atoms with Crippen molar-refractivity contribution in [2.45, 2.75) is 51.6 Å². The van der Waals surface area contributed by atoms with E-state index in [0.717, 1.165) is 5.95 Å². The summed E-state index contributed by atoms with van der Waals surface area (Å²) in [6.07, 6.45) is 9.23. The minimum atomic E-state index is 0.487. The number of anilines is 1. The first kappa shape index (κ1) is 9.56. The Hall–Kier alpha value is -0.990. The first-order valence-corrected chi connectivity index (χ1v) is 5.57. The summed E-state index contributed by atoms with van der Waals surface area (Å²) in [5, 5.41) is 3.52. The van der Waals surface area contributed by atoms with Crippen molar-refractivity contribution in [3.63, 3.8) is 0 Å². The Labute approximate surface area is 85.5 Å². The number of hydrogen-bond donors (Lipinski definition) is 1. The van der Waals surface area contributed by atoms with Gasteiger partial charge in [0.1, 0.15) is 0 Å². The van der Waals surface area contributed by atoms with Crippen molar-refractivity contribution in [2.75, 3.05) is 5.32 Å². The number of rotatable bonds is 3. The minimum absolute atomic E-state index is 0.487. The summed E-state index contributed by atoms with van der Waals surface area (Å²) in [7, 11) is 0. The van der Waals surface area contributed by atoms with Crippen molar-refractivity contribution in [2.24, 2.45) is 0 Å². The van der Waals surface area contributed by atoms with E-state index in [1.807, 2.05) is 12.4 Å². The van der Waals surface area contributed by atoms with Crippen LogP contribution >= 0.6 is 0 Å². The van der Waals surface area contributed by atoms with Gasteiger partial charge in [0.15, 0.2) is 0 Å². The van der Waals surface area contributed by atoms with Crippen LogP contribution in [0.1, 0.15) is 45.6 Å². The molecule has 0 aromatic carbocycles. The highest BCUT2D eigenvalue weighted by Gasteiger charge is 2.16. The molecule has 2 rings (SSSR count). The first-order valence-electron chi connectivity index (χ1n) is 5.57. The van der Waals surface area contributed by atoms with Gasteiger partial charge in [-0.2, -0.15) is 0 Å². The van der Waals surface area contributed by atoms with E-state index in [0.29, 0.717) is 12.1 Å². The molecule has 3 nitrogen and oxygen atoms in total. The second-order valence-corrected chi connectivity index (χ2v) is 4.38. The summed E-state index contributed by atoms with van der Waals surface area (Å²) >= 11 is 0. The van der Waals surface area contributed by atoms with Crippen molar-refractivity contribution in [1.82, 2.24) is 9.55 Å². The molecule has 0 spiro atoms. The fourth-order valence-electron chi connectivity index (χ4n) is 2.09. The maximum absolute atomic E-state index is 4.35. The molecule has 0 bridgehead atoms. The normalized spacial score (nSPS) is 17.9. The second kappa shape index (κ2) is 4.03. The minimum Gasteiger partial charge on any atom is -0.353 e. The predicted molar refractivity (Wildman–Crippen MR) is 58.5 cm³/mol. The molecule has 0 atom stereocenters. The van der Waals surface area contributed by atoms with Crippen LogP contribution in [0.2, 0.25) is 0 Å². The second-order valence-electron chi connectivity index (χ2n) is 4.38. The molecule has 1 fully saturated rings. The summed E-state index contributed by atoms with van der Waals surface area (Å²) < 4.78 is 2.19. The van der Waals surface area contributed by atoms with E-state index in [1.165, 1.54) is 25.7 Å². The van der Waals surface area contributed by atoms with Gasteiger partial charge in [0.2, 0.25) is 5.95 Å². The van der Waals surface area contributed by atoms with Gasteiger partial charge in [-0.05, 0) is 26.7 Å². The number of hydrogen-bond acceptors (Lipinski definition) is 2. The molecule has 0 radical (unpaired) electrons. The van der Waals surface area contributed by atoms with Gasteiger partial charge < -0.3 is 9.88 Å². The van der Waals surface area contributed by atoms with Crippen LogP contribution in [-0.4, -0.2) is 15.6 Å². The highest BCUT2D eigenvalue weighted by atomic mass is 15.2. The summed E-state index contributed by atoms with van der Waals surface area (Å²) in [6.45, 7) is 4.36. The first-order chi connectivity index (χ1) is 6.77. The van der Waals surface area contributed by atoms with Crippen LogP contribution in [0.15, 0.2) is 12.4 Å². The van der Waals surface area contributed by atoms with Crippen molar-refractivity contribution < 1.29 is 0 Å². The van der Waals surface area contributed by atoms with E-state index in [2.05, 4.69) is 28.7 Å². The third-order valence-corrected chi connectivity index (χ3v) is 2.91. The van der Waals surface area contributed by atoms with Gasteiger partial charge in [-0.25, -0.2) is 4.98 Å². The zero-order chi connectivity index (χ0) is 9.97. The number of aromatic nitrogens is 2. The van der Waals surface area contributed by atoms with Crippen LogP contribution < -0.4 is 5.32 Å². The number of nitrogens with one attached hydrogen (secondary N) is 1. The Morgan fingerprint density at radius 1 is 1.43 bits per heavy atom. The fourth-order valence-corrected chi connectivity index (χ4v) is 2.09. The van der Waals surface area contributed by atoms with Crippen LogP contribution in [0.4, 0.5) is 5.95 Å². The largest absolute Gasteiger partial charge is 0.353 e. The summed E-state index contributed by atoms with van der Waals surface area (Å²) in [6, 6.07) is 1.14. The molecule has 0 amide bonds. The quantitative estimate of drug-likeness (QED) is 0.800. The van der Waals surface area contributed by atoms with Gasteiger partial charge in [-0.15, -0.1) is 0 Å². The van der Waals surface area contributed by atoms with Crippen LogP contribution in [0.3, 0.4) is 0 Å². The van der Waals surface area contributed by atoms with Gasteiger partial charge >= 0.3 is 0 Å². The lowest BCUT2D eigenvalue weighted by Crippen LogP contribution is -2.18. The number of nitrogens with zero attached hydrogens (tertiary/aromatic N) is 2. The average Bonchev–Trinajstić information content (AvgIpc) is 2.75. The van der Waals surface area contributed by atoms with E-state index in [-0.39, 0.29) is 0 Å². The standard InChI is InChI=1S/C11H19N3/c1-9(2)14-8-7-12-11(14)13-10-5-3-4-6-10/h7-10H,3-6H2,1-2H3,(H,12,13). The molecule has 3 heteroatoms. The highest BCUT2D eigenvalue weighted by Crippen LogP contribution is 2.22. The lowest BCUT2D eigenvalue weighted by Gasteiger charge is -2.16. The average molecular weight is 193 g/mol. The van der Waals surface area contributed by atoms with Crippen molar-refractivity contribution in [1.29, 1.82) is 0 Å². The molecular weight excluding hydrogens is 174 g/mol. The fraction of sp³-hybridized carbons (Fsp3) is 0.727. The third-order valence-electron chi connectivity index (χ3n) is 2.91. The third kappa shape index (κ3) is 1.91. The Kier molecular flexibility index (Phi) is 2.75. The van der Waals surface area contributed by atoms with Crippen molar-refractivity contribution in [3.05, 3.63) is 12.4 Å². The van der Waals surface area contributed by atoms with Crippen molar-refractivity contribution >= 4 is 5.95 Å². The van der Waals surface area contributed by atoms with Crippen LogP contribution in [0.5, 0.6) is 0 Å². The molecule has 0 saturated heterocycles. The molecule has 1 aromatic heterocycles. The van der Waals surface area contributed by atoms with Gasteiger partial charge in [-0.1, -0.05) is 12.8 Å². The van der Waals surface area contributed by atoms with Gasteiger partial charge in [0.05, 0.1) is 0 Å². The Bertz CT molecular complexity index is 284. The molecular formula is C11H19N3. The Balaban J connectivity index is 2.04.